The minimum atomic E-state index is -0.997. The highest BCUT2D eigenvalue weighted by molar-refractivity contribution is 5.96. The molecule has 8 heteroatoms. The Balaban J connectivity index is 2.85. The number of nitrogens with zero attached hydrogens (tertiary/aromatic N) is 3. The van der Waals surface area contributed by atoms with Crippen LogP contribution in [0.25, 0.3) is 0 Å². The van der Waals surface area contributed by atoms with E-state index < -0.39 is 16.4 Å². The third-order valence-electron chi connectivity index (χ3n) is 3.23. The van der Waals surface area contributed by atoms with Crippen LogP contribution in [0.2, 0.25) is 0 Å². The lowest BCUT2D eigenvalue weighted by molar-refractivity contribution is -0.385. The number of rotatable bonds is 6. The van der Waals surface area contributed by atoms with Gasteiger partial charge in [-0.25, -0.2) is 0 Å². The molecule has 0 saturated heterocycles. The Morgan fingerprint density at radius 1 is 1.58 bits per heavy atom. The van der Waals surface area contributed by atoms with E-state index in [1.54, 1.807) is 0 Å². The molecule has 0 aromatic carbocycles. The van der Waals surface area contributed by atoms with E-state index in [-0.39, 0.29) is 17.9 Å². The maximum absolute atomic E-state index is 11.9. The summed E-state index contributed by atoms with van der Waals surface area (Å²) in [4.78, 5) is 22.1. The molecule has 0 spiro atoms. The smallest absolute Gasteiger partial charge is 0.320 e. The van der Waals surface area contributed by atoms with E-state index in [2.05, 4.69) is 10.4 Å². The average molecular weight is 270 g/mol. The minimum absolute atomic E-state index is 0.0428. The van der Waals surface area contributed by atoms with Gasteiger partial charge in [0.1, 0.15) is 6.20 Å². The first-order chi connectivity index (χ1) is 8.84. The van der Waals surface area contributed by atoms with E-state index in [1.165, 1.54) is 7.05 Å². The summed E-state index contributed by atoms with van der Waals surface area (Å²) in [6, 6.07) is 0. The maximum Gasteiger partial charge on any atom is 0.320 e. The van der Waals surface area contributed by atoms with Crippen LogP contribution >= 0.6 is 0 Å². The predicted octanol–water partition coefficient (Wildman–Crippen LogP) is 0.609. The summed E-state index contributed by atoms with van der Waals surface area (Å²) in [5.41, 5.74) is -1.47. The summed E-state index contributed by atoms with van der Waals surface area (Å²) in [5, 5.41) is 27.0. The number of nitrogens with one attached hydrogen (secondary N) is 1. The number of carbonyl (C=O) groups excluding carboxylic acids is 1. The fourth-order valence-corrected chi connectivity index (χ4v) is 1.65. The van der Waals surface area contributed by atoms with Crippen LogP contribution in [-0.4, -0.2) is 37.9 Å². The number of carbonyl (C=O) groups is 1. The van der Waals surface area contributed by atoms with Crippen molar-refractivity contribution in [3.8, 4) is 0 Å². The second-order valence-corrected chi connectivity index (χ2v) is 4.37. The van der Waals surface area contributed by atoms with E-state index in [0.717, 1.165) is 10.9 Å². The van der Waals surface area contributed by atoms with Crippen LogP contribution in [0.1, 0.15) is 37.2 Å². The largest absolute Gasteiger partial charge is 0.388 e. The molecule has 106 valence electrons. The quantitative estimate of drug-likeness (QED) is 0.581. The van der Waals surface area contributed by atoms with E-state index in [1.807, 2.05) is 13.8 Å². The molecule has 1 aromatic rings. The van der Waals surface area contributed by atoms with Gasteiger partial charge >= 0.3 is 5.69 Å². The molecule has 0 fully saturated rings. The molecule has 1 aromatic heterocycles. The summed E-state index contributed by atoms with van der Waals surface area (Å²) < 4.78 is 1.14. The topological polar surface area (TPSA) is 110 Å². The minimum Gasteiger partial charge on any atom is -0.388 e. The second-order valence-electron chi connectivity index (χ2n) is 4.37. The Kier molecular flexibility index (Phi) is 4.60. The molecule has 0 radical (unpaired) electrons. The number of hydrogen-bond acceptors (Lipinski definition) is 5. The van der Waals surface area contributed by atoms with Gasteiger partial charge in [0.25, 0.3) is 5.91 Å². The number of aliphatic hydroxyl groups is 1. The van der Waals surface area contributed by atoms with Crippen molar-refractivity contribution in [2.45, 2.75) is 32.3 Å². The number of nitro groups is 1. The summed E-state index contributed by atoms with van der Waals surface area (Å²) in [5.74, 6) is -0.618. The van der Waals surface area contributed by atoms with Gasteiger partial charge in [0.15, 0.2) is 0 Å². The molecule has 8 nitrogen and oxygen atoms in total. The van der Waals surface area contributed by atoms with E-state index in [9.17, 15) is 20.0 Å². The Labute approximate surface area is 110 Å². The van der Waals surface area contributed by atoms with Gasteiger partial charge in [-0.15, -0.1) is 0 Å². The highest BCUT2D eigenvalue weighted by Gasteiger charge is 2.28. The van der Waals surface area contributed by atoms with Crippen molar-refractivity contribution in [2.24, 2.45) is 7.05 Å². The van der Waals surface area contributed by atoms with E-state index in [4.69, 9.17) is 0 Å². The SMILES string of the molecule is CCC(O)(CC)CNC(=O)c1c([N+](=O)[O-])cnn1C. The number of aryl methyl sites for hydroxylation is 1. The third-order valence-corrected chi connectivity index (χ3v) is 3.23. The molecule has 1 amide bonds. The van der Waals surface area contributed by atoms with Crippen molar-refractivity contribution >= 4 is 11.6 Å². The normalized spacial score (nSPS) is 11.4. The van der Waals surface area contributed by atoms with Crippen LogP contribution in [0.3, 0.4) is 0 Å². The molecule has 0 bridgehead atoms. The van der Waals surface area contributed by atoms with Crippen LogP contribution in [0, 0.1) is 10.1 Å². The lowest BCUT2D eigenvalue weighted by atomic mass is 9.97. The van der Waals surface area contributed by atoms with Gasteiger partial charge in [0.05, 0.1) is 10.5 Å². The maximum atomic E-state index is 11.9. The fraction of sp³-hybridized carbons (Fsp3) is 0.636. The first-order valence-electron chi connectivity index (χ1n) is 6.01. The van der Waals surface area contributed by atoms with Gasteiger partial charge in [0.2, 0.25) is 5.69 Å². The zero-order chi connectivity index (χ0) is 14.6. The summed E-state index contributed by atoms with van der Waals surface area (Å²) in [6.45, 7) is 3.66. The van der Waals surface area contributed by atoms with Crippen LogP contribution in [0.5, 0.6) is 0 Å². The highest BCUT2D eigenvalue weighted by Crippen LogP contribution is 2.17. The van der Waals surface area contributed by atoms with Gasteiger partial charge in [-0.2, -0.15) is 5.10 Å². The molecular formula is C11H18N4O4. The van der Waals surface area contributed by atoms with Crippen LogP contribution in [0.4, 0.5) is 5.69 Å². The number of hydrogen-bond donors (Lipinski definition) is 2. The average Bonchev–Trinajstić information content (AvgIpc) is 2.77. The van der Waals surface area contributed by atoms with Gasteiger partial charge in [0, 0.05) is 13.6 Å². The van der Waals surface area contributed by atoms with Crippen LogP contribution in [0.15, 0.2) is 6.20 Å². The molecule has 0 aliphatic rings. The molecule has 0 unspecified atom stereocenters. The third kappa shape index (κ3) is 3.28. The van der Waals surface area contributed by atoms with Crippen LogP contribution < -0.4 is 5.32 Å². The Morgan fingerprint density at radius 3 is 2.63 bits per heavy atom. The van der Waals surface area contributed by atoms with Crippen molar-refractivity contribution in [3.63, 3.8) is 0 Å². The van der Waals surface area contributed by atoms with Crippen molar-refractivity contribution in [3.05, 3.63) is 22.0 Å². The molecular weight excluding hydrogens is 252 g/mol. The summed E-state index contributed by atoms with van der Waals surface area (Å²) in [7, 11) is 1.45. The van der Waals surface area contributed by atoms with Gasteiger partial charge in [-0.05, 0) is 12.8 Å². The molecule has 1 rings (SSSR count). The van der Waals surface area contributed by atoms with Gasteiger partial charge in [-0.3, -0.25) is 19.6 Å². The van der Waals surface area contributed by atoms with Crippen molar-refractivity contribution in [2.75, 3.05) is 6.54 Å². The van der Waals surface area contributed by atoms with E-state index >= 15 is 0 Å². The van der Waals surface area contributed by atoms with Gasteiger partial charge in [-0.1, -0.05) is 13.8 Å². The lowest BCUT2D eigenvalue weighted by Gasteiger charge is -2.25. The zero-order valence-corrected chi connectivity index (χ0v) is 11.2. The zero-order valence-electron chi connectivity index (χ0n) is 11.2. The summed E-state index contributed by atoms with van der Waals surface area (Å²) >= 11 is 0. The van der Waals surface area contributed by atoms with Crippen molar-refractivity contribution < 1.29 is 14.8 Å². The molecule has 2 N–H and O–H groups in total. The number of aromatic nitrogens is 2. The predicted molar refractivity (Wildman–Crippen MR) is 67.7 cm³/mol. The van der Waals surface area contributed by atoms with Crippen molar-refractivity contribution in [1.29, 1.82) is 0 Å². The molecule has 0 aliphatic carbocycles. The number of amides is 1. The van der Waals surface area contributed by atoms with Gasteiger partial charge < -0.3 is 10.4 Å². The standard InChI is InChI=1S/C11H18N4O4/c1-4-11(17,5-2)7-12-10(16)9-8(15(18)19)6-13-14(9)3/h6,17H,4-5,7H2,1-3H3,(H,12,16). The Morgan fingerprint density at radius 2 is 2.16 bits per heavy atom. The second kappa shape index (κ2) is 5.79. The monoisotopic (exact) mass is 270 g/mol. The Hall–Kier alpha value is -1.96. The first-order valence-corrected chi connectivity index (χ1v) is 6.01. The molecule has 0 atom stereocenters. The molecule has 19 heavy (non-hydrogen) atoms. The van der Waals surface area contributed by atoms with Crippen molar-refractivity contribution in [1.82, 2.24) is 15.1 Å². The molecule has 0 saturated carbocycles. The summed E-state index contributed by atoms with van der Waals surface area (Å²) in [6.07, 6.45) is 2.00. The fourth-order valence-electron chi connectivity index (χ4n) is 1.65. The molecule has 1 heterocycles. The molecule has 0 aliphatic heterocycles. The lowest BCUT2D eigenvalue weighted by Crippen LogP contribution is -2.42. The Bertz CT molecular complexity index is 479. The van der Waals surface area contributed by atoms with E-state index in [0.29, 0.717) is 12.8 Å². The first kappa shape index (κ1) is 15.1. The highest BCUT2D eigenvalue weighted by atomic mass is 16.6. The van der Waals surface area contributed by atoms with Crippen LogP contribution in [-0.2, 0) is 7.05 Å².